The van der Waals surface area contributed by atoms with E-state index < -0.39 is 0 Å². The number of methoxy groups -OCH3 is 1. The van der Waals surface area contributed by atoms with Gasteiger partial charge in [0.25, 0.3) is 5.91 Å². The van der Waals surface area contributed by atoms with Crippen LogP contribution in [0.3, 0.4) is 0 Å². The van der Waals surface area contributed by atoms with Crippen molar-refractivity contribution in [2.45, 2.75) is 0 Å². The number of rotatable bonds is 5. The smallest absolute Gasteiger partial charge is 0.270 e. The second-order valence-electron chi connectivity index (χ2n) is 5.26. The Kier molecular flexibility index (Phi) is 5.61. The van der Waals surface area contributed by atoms with Crippen molar-refractivity contribution in [3.8, 4) is 23.8 Å². The lowest BCUT2D eigenvalue weighted by molar-refractivity contribution is -0.113. The Morgan fingerprint density at radius 2 is 2.00 bits per heavy atom. The lowest BCUT2D eigenvalue weighted by Crippen LogP contribution is -2.27. The Bertz CT molecular complexity index is 916. The molecule has 1 saturated heterocycles. The van der Waals surface area contributed by atoms with Gasteiger partial charge < -0.3 is 9.47 Å². The van der Waals surface area contributed by atoms with Crippen molar-refractivity contribution in [1.82, 2.24) is 0 Å². The molecule has 0 unspecified atom stereocenters. The number of hydrogen-bond donors (Lipinski definition) is 0. The van der Waals surface area contributed by atoms with Crippen LogP contribution in [-0.4, -0.2) is 23.9 Å². The summed E-state index contributed by atoms with van der Waals surface area (Å²) >= 11 is 6.65. The van der Waals surface area contributed by atoms with Crippen molar-refractivity contribution < 1.29 is 14.3 Å². The molecule has 0 N–H and O–H groups in total. The van der Waals surface area contributed by atoms with Gasteiger partial charge >= 0.3 is 0 Å². The van der Waals surface area contributed by atoms with Crippen LogP contribution in [0.1, 0.15) is 5.56 Å². The van der Waals surface area contributed by atoms with Gasteiger partial charge in [0.15, 0.2) is 15.8 Å². The zero-order valence-electron chi connectivity index (χ0n) is 14.0. The molecule has 0 spiro atoms. The molecule has 1 fully saturated rings. The number of hydrogen-bond acceptors (Lipinski definition) is 5. The summed E-state index contributed by atoms with van der Waals surface area (Å²) in [6.45, 7) is 0.158. The van der Waals surface area contributed by atoms with Gasteiger partial charge in [-0.1, -0.05) is 54.2 Å². The Hall–Kier alpha value is -2.75. The van der Waals surface area contributed by atoms with E-state index in [4.69, 9.17) is 28.1 Å². The zero-order valence-corrected chi connectivity index (χ0v) is 15.6. The zero-order chi connectivity index (χ0) is 18.5. The summed E-state index contributed by atoms with van der Waals surface area (Å²) in [7, 11) is 1.55. The normalized spacial score (nSPS) is 15.2. The average Bonchev–Trinajstić information content (AvgIpc) is 2.94. The van der Waals surface area contributed by atoms with Gasteiger partial charge in [-0.2, -0.15) is 0 Å². The van der Waals surface area contributed by atoms with Crippen LogP contribution >= 0.6 is 24.0 Å². The fourth-order valence-electron chi connectivity index (χ4n) is 2.43. The largest absolute Gasteiger partial charge is 0.493 e. The van der Waals surface area contributed by atoms with E-state index in [-0.39, 0.29) is 12.5 Å². The van der Waals surface area contributed by atoms with Crippen molar-refractivity contribution in [2.24, 2.45) is 0 Å². The fraction of sp³-hybridized carbons (Fsp3) is 0.100. The number of ether oxygens (including phenoxy) is 2. The Labute approximate surface area is 161 Å². The van der Waals surface area contributed by atoms with Crippen LogP contribution in [0, 0.1) is 12.3 Å². The van der Waals surface area contributed by atoms with Crippen molar-refractivity contribution in [3.05, 3.63) is 59.0 Å². The number of thiocarbonyl (C=S) groups is 1. The number of thioether (sulfide) groups is 1. The minimum atomic E-state index is -0.141. The van der Waals surface area contributed by atoms with Gasteiger partial charge in [0.2, 0.25) is 0 Å². The first kappa shape index (κ1) is 18.1. The molecule has 26 heavy (non-hydrogen) atoms. The molecular formula is C20H15NO3S2. The average molecular weight is 381 g/mol. The summed E-state index contributed by atoms with van der Waals surface area (Å²) in [6, 6.07) is 14.7. The molecule has 0 aliphatic carbocycles. The molecular weight excluding hydrogens is 366 g/mol. The first-order valence-electron chi connectivity index (χ1n) is 7.71. The molecule has 1 heterocycles. The van der Waals surface area contributed by atoms with E-state index >= 15 is 0 Å². The van der Waals surface area contributed by atoms with Gasteiger partial charge in [-0.3, -0.25) is 9.69 Å². The van der Waals surface area contributed by atoms with Crippen LogP contribution in [0.4, 0.5) is 5.69 Å². The van der Waals surface area contributed by atoms with E-state index in [0.717, 1.165) is 11.3 Å². The summed E-state index contributed by atoms with van der Waals surface area (Å²) in [5.74, 6) is 3.38. The highest BCUT2D eigenvalue weighted by Gasteiger charge is 2.33. The summed E-state index contributed by atoms with van der Waals surface area (Å²) in [4.78, 5) is 14.8. The van der Waals surface area contributed by atoms with Crippen LogP contribution < -0.4 is 14.4 Å². The Balaban J connectivity index is 1.88. The number of amides is 1. The third-order valence-corrected chi connectivity index (χ3v) is 4.91. The van der Waals surface area contributed by atoms with E-state index in [1.165, 1.54) is 16.7 Å². The highest BCUT2D eigenvalue weighted by molar-refractivity contribution is 8.27. The minimum Gasteiger partial charge on any atom is -0.493 e. The Morgan fingerprint density at radius 1 is 1.23 bits per heavy atom. The summed E-state index contributed by atoms with van der Waals surface area (Å²) < 4.78 is 11.3. The molecule has 0 atom stereocenters. The molecule has 0 bridgehead atoms. The topological polar surface area (TPSA) is 38.8 Å². The van der Waals surface area contributed by atoms with Gasteiger partial charge in [0, 0.05) is 0 Å². The second-order valence-corrected chi connectivity index (χ2v) is 6.93. The predicted molar refractivity (Wildman–Crippen MR) is 109 cm³/mol. The second kappa shape index (κ2) is 8.09. The lowest BCUT2D eigenvalue weighted by Gasteiger charge is -2.13. The summed E-state index contributed by atoms with van der Waals surface area (Å²) in [5, 5.41) is 0. The van der Waals surface area contributed by atoms with Crippen molar-refractivity contribution in [3.63, 3.8) is 0 Å². The first-order chi connectivity index (χ1) is 12.6. The highest BCUT2D eigenvalue weighted by Crippen LogP contribution is 2.37. The summed E-state index contributed by atoms with van der Waals surface area (Å²) in [6.07, 6.45) is 7.00. The molecule has 2 aromatic rings. The summed E-state index contributed by atoms with van der Waals surface area (Å²) in [5.41, 5.74) is 1.57. The number of terminal acetylenes is 1. The Morgan fingerprint density at radius 3 is 2.69 bits per heavy atom. The maximum atomic E-state index is 12.8. The van der Waals surface area contributed by atoms with E-state index in [0.29, 0.717) is 20.7 Å². The number of nitrogens with zero attached hydrogens (tertiary/aromatic N) is 1. The molecule has 3 rings (SSSR count). The SMILES string of the molecule is C#CCOc1ccc(/C=C2/SC(=S)N(c3ccccc3)C2=O)cc1OC. The van der Waals surface area contributed by atoms with Crippen molar-refractivity contribution in [1.29, 1.82) is 0 Å². The van der Waals surface area contributed by atoms with Crippen LogP contribution in [0.2, 0.25) is 0 Å². The molecule has 1 amide bonds. The van der Waals surface area contributed by atoms with E-state index in [9.17, 15) is 4.79 Å². The van der Waals surface area contributed by atoms with Gasteiger partial charge in [-0.15, -0.1) is 6.42 Å². The first-order valence-corrected chi connectivity index (χ1v) is 8.94. The van der Waals surface area contributed by atoms with E-state index in [1.54, 1.807) is 25.3 Å². The number of carbonyl (C=O) groups is 1. The molecule has 0 aromatic heterocycles. The van der Waals surface area contributed by atoms with Gasteiger partial charge in [0.1, 0.15) is 6.61 Å². The molecule has 130 valence electrons. The molecule has 0 radical (unpaired) electrons. The number of anilines is 1. The molecule has 2 aromatic carbocycles. The van der Waals surface area contributed by atoms with E-state index in [2.05, 4.69) is 5.92 Å². The number of benzene rings is 2. The number of para-hydroxylation sites is 1. The molecule has 1 aliphatic heterocycles. The predicted octanol–water partition coefficient (Wildman–Crippen LogP) is 4.11. The number of carbonyl (C=O) groups excluding carboxylic acids is 1. The standard InChI is InChI=1S/C20H15NO3S2/c1-3-11-24-16-10-9-14(12-17(16)23-2)13-18-19(22)21(20(25)26-18)15-7-5-4-6-8-15/h1,4-10,12-13H,11H2,2H3/b18-13+. The molecule has 6 heteroatoms. The van der Waals surface area contributed by atoms with E-state index in [1.807, 2.05) is 36.4 Å². The highest BCUT2D eigenvalue weighted by atomic mass is 32.2. The van der Waals surface area contributed by atoms with Crippen LogP contribution in [0.5, 0.6) is 11.5 Å². The third kappa shape index (κ3) is 3.74. The van der Waals surface area contributed by atoms with Crippen LogP contribution in [0.25, 0.3) is 6.08 Å². The quantitative estimate of drug-likeness (QED) is 0.443. The van der Waals surface area contributed by atoms with Gasteiger partial charge in [0.05, 0.1) is 17.7 Å². The van der Waals surface area contributed by atoms with Crippen molar-refractivity contribution in [2.75, 3.05) is 18.6 Å². The van der Waals surface area contributed by atoms with Crippen LogP contribution in [-0.2, 0) is 4.79 Å². The minimum absolute atomic E-state index is 0.141. The third-order valence-electron chi connectivity index (χ3n) is 3.60. The molecule has 0 saturated carbocycles. The monoisotopic (exact) mass is 381 g/mol. The fourth-order valence-corrected chi connectivity index (χ4v) is 3.73. The van der Waals surface area contributed by atoms with Gasteiger partial charge in [-0.25, -0.2) is 0 Å². The lowest BCUT2D eigenvalue weighted by atomic mass is 10.2. The van der Waals surface area contributed by atoms with Crippen molar-refractivity contribution >= 4 is 46.0 Å². The maximum absolute atomic E-state index is 12.8. The van der Waals surface area contributed by atoms with Crippen LogP contribution in [0.15, 0.2) is 53.4 Å². The molecule has 4 nitrogen and oxygen atoms in total. The maximum Gasteiger partial charge on any atom is 0.270 e. The molecule has 1 aliphatic rings. The van der Waals surface area contributed by atoms with Gasteiger partial charge in [-0.05, 0) is 35.9 Å².